The number of unbranched alkanes of at least 4 members (excludes halogenated alkanes) is 2. The molecule has 0 aliphatic carbocycles. The summed E-state index contributed by atoms with van der Waals surface area (Å²) in [5.41, 5.74) is 0. The van der Waals surface area contributed by atoms with Crippen molar-refractivity contribution in [2.24, 2.45) is 0 Å². The van der Waals surface area contributed by atoms with Crippen LogP contribution in [0.1, 0.15) is 59.3 Å². The molecule has 0 aliphatic heterocycles. The Morgan fingerprint density at radius 3 is 2.47 bits per heavy atom. The third-order valence-electron chi connectivity index (χ3n) is 2.31. The fourth-order valence-electron chi connectivity index (χ4n) is 1.34. The lowest BCUT2D eigenvalue weighted by atomic mass is 10.1. The molecule has 0 aliphatic rings. The van der Waals surface area contributed by atoms with Crippen molar-refractivity contribution in [3.8, 4) is 0 Å². The van der Waals surface area contributed by atoms with Crippen molar-refractivity contribution < 1.29 is 14.6 Å². The second-order valence-corrected chi connectivity index (χ2v) is 4.18. The molecule has 0 radical (unpaired) electrons. The largest absolute Gasteiger partial charge is 0.463 e. The molecule has 0 aromatic rings. The normalized spacial score (nSPS) is 14.7. The fraction of sp³-hybridized carbons (Fsp3) is 0.917. The molecular formula is C12H24O3. The monoisotopic (exact) mass is 216 g/mol. The molecule has 0 spiro atoms. The smallest absolute Gasteiger partial charge is 0.306 e. The average molecular weight is 216 g/mol. The summed E-state index contributed by atoms with van der Waals surface area (Å²) >= 11 is 0. The Morgan fingerprint density at radius 2 is 1.93 bits per heavy atom. The first-order valence-corrected chi connectivity index (χ1v) is 5.93. The molecule has 0 aromatic heterocycles. The second-order valence-electron chi connectivity index (χ2n) is 4.18. The lowest BCUT2D eigenvalue weighted by Gasteiger charge is -2.13. The lowest BCUT2D eigenvalue weighted by molar-refractivity contribution is -0.148. The summed E-state index contributed by atoms with van der Waals surface area (Å²) in [6.45, 7) is 5.73. The van der Waals surface area contributed by atoms with Crippen LogP contribution in [0.3, 0.4) is 0 Å². The van der Waals surface area contributed by atoms with Crippen LogP contribution in [0.5, 0.6) is 0 Å². The third kappa shape index (κ3) is 9.73. The van der Waals surface area contributed by atoms with Gasteiger partial charge in [0.1, 0.15) is 0 Å². The Morgan fingerprint density at radius 1 is 1.27 bits per heavy atom. The van der Waals surface area contributed by atoms with E-state index in [1.54, 1.807) is 6.92 Å². The van der Waals surface area contributed by atoms with Crippen LogP contribution < -0.4 is 0 Å². The molecule has 0 fully saturated rings. The fourth-order valence-corrected chi connectivity index (χ4v) is 1.34. The summed E-state index contributed by atoms with van der Waals surface area (Å²) in [5.74, 6) is -0.110. The Bertz CT molecular complexity index is 166. The van der Waals surface area contributed by atoms with E-state index in [9.17, 15) is 4.79 Å². The molecule has 90 valence electrons. The predicted molar refractivity (Wildman–Crippen MR) is 60.6 cm³/mol. The van der Waals surface area contributed by atoms with E-state index in [0.717, 1.165) is 25.7 Å². The molecule has 0 heterocycles. The van der Waals surface area contributed by atoms with Crippen molar-refractivity contribution in [2.45, 2.75) is 71.5 Å². The van der Waals surface area contributed by atoms with Gasteiger partial charge < -0.3 is 9.84 Å². The minimum absolute atomic E-state index is 0.0753. The van der Waals surface area contributed by atoms with Gasteiger partial charge in [-0.25, -0.2) is 0 Å². The molecule has 1 N–H and O–H groups in total. The molecule has 0 amide bonds. The molecule has 3 heteroatoms. The van der Waals surface area contributed by atoms with E-state index in [0.29, 0.717) is 12.8 Å². The number of hydrogen-bond acceptors (Lipinski definition) is 3. The number of esters is 1. The lowest BCUT2D eigenvalue weighted by Crippen LogP contribution is -2.16. The van der Waals surface area contributed by atoms with E-state index in [1.807, 2.05) is 6.92 Å². The van der Waals surface area contributed by atoms with Crippen LogP contribution in [0.15, 0.2) is 0 Å². The molecule has 0 saturated heterocycles. The van der Waals surface area contributed by atoms with Gasteiger partial charge in [0.2, 0.25) is 0 Å². The van der Waals surface area contributed by atoms with Crippen LogP contribution in [0.4, 0.5) is 0 Å². The highest BCUT2D eigenvalue weighted by atomic mass is 16.5. The summed E-state index contributed by atoms with van der Waals surface area (Å²) in [5, 5.41) is 9.07. The van der Waals surface area contributed by atoms with E-state index in [1.165, 1.54) is 0 Å². The van der Waals surface area contributed by atoms with Crippen molar-refractivity contribution in [2.75, 3.05) is 0 Å². The van der Waals surface area contributed by atoms with E-state index >= 15 is 0 Å². The zero-order valence-electron chi connectivity index (χ0n) is 10.2. The molecule has 0 rings (SSSR count). The zero-order valence-corrected chi connectivity index (χ0v) is 10.2. The standard InChI is InChI=1S/C12H24O3/c1-4-5-6-7-12(14)15-11(3)9-8-10(2)13/h10-11,13H,4-9H2,1-3H3. The van der Waals surface area contributed by atoms with Crippen molar-refractivity contribution in [1.29, 1.82) is 0 Å². The summed E-state index contributed by atoms with van der Waals surface area (Å²) < 4.78 is 5.20. The number of aliphatic hydroxyl groups is 1. The van der Waals surface area contributed by atoms with Gasteiger partial charge in [0.15, 0.2) is 0 Å². The van der Waals surface area contributed by atoms with E-state index in [2.05, 4.69) is 6.92 Å². The Hall–Kier alpha value is -0.570. The third-order valence-corrected chi connectivity index (χ3v) is 2.31. The number of rotatable bonds is 8. The van der Waals surface area contributed by atoms with Gasteiger partial charge in [0, 0.05) is 6.42 Å². The molecule has 15 heavy (non-hydrogen) atoms. The maximum absolute atomic E-state index is 11.3. The minimum atomic E-state index is -0.314. The first kappa shape index (κ1) is 14.4. The Labute approximate surface area is 92.8 Å². The minimum Gasteiger partial charge on any atom is -0.463 e. The molecule has 0 aromatic carbocycles. The quantitative estimate of drug-likeness (QED) is 0.501. The van der Waals surface area contributed by atoms with Gasteiger partial charge in [-0.3, -0.25) is 4.79 Å². The van der Waals surface area contributed by atoms with Crippen LogP contribution in [-0.4, -0.2) is 23.3 Å². The number of aliphatic hydroxyl groups excluding tert-OH is 1. The molecule has 2 unspecified atom stereocenters. The Balaban J connectivity index is 3.49. The van der Waals surface area contributed by atoms with Gasteiger partial charge in [0.25, 0.3) is 0 Å². The van der Waals surface area contributed by atoms with Crippen LogP contribution in [0, 0.1) is 0 Å². The van der Waals surface area contributed by atoms with E-state index < -0.39 is 0 Å². The molecular weight excluding hydrogens is 192 g/mol. The first-order valence-electron chi connectivity index (χ1n) is 5.93. The molecule has 2 atom stereocenters. The predicted octanol–water partition coefficient (Wildman–Crippen LogP) is 2.66. The van der Waals surface area contributed by atoms with Gasteiger partial charge in [0.05, 0.1) is 12.2 Å². The van der Waals surface area contributed by atoms with Gasteiger partial charge in [-0.15, -0.1) is 0 Å². The van der Waals surface area contributed by atoms with Gasteiger partial charge in [-0.2, -0.15) is 0 Å². The maximum Gasteiger partial charge on any atom is 0.306 e. The van der Waals surface area contributed by atoms with Crippen LogP contribution in [0.25, 0.3) is 0 Å². The van der Waals surface area contributed by atoms with Crippen molar-refractivity contribution in [1.82, 2.24) is 0 Å². The second kappa shape index (κ2) is 8.72. The molecule has 3 nitrogen and oxygen atoms in total. The summed E-state index contributed by atoms with van der Waals surface area (Å²) in [4.78, 5) is 11.3. The average Bonchev–Trinajstić information content (AvgIpc) is 2.15. The van der Waals surface area contributed by atoms with Crippen LogP contribution in [0.2, 0.25) is 0 Å². The highest BCUT2D eigenvalue weighted by Gasteiger charge is 2.09. The van der Waals surface area contributed by atoms with Crippen molar-refractivity contribution in [3.63, 3.8) is 0 Å². The number of carbonyl (C=O) groups is 1. The van der Waals surface area contributed by atoms with Crippen LogP contribution >= 0.6 is 0 Å². The highest BCUT2D eigenvalue weighted by Crippen LogP contribution is 2.07. The highest BCUT2D eigenvalue weighted by molar-refractivity contribution is 5.69. The molecule has 0 saturated carbocycles. The zero-order chi connectivity index (χ0) is 11.7. The van der Waals surface area contributed by atoms with Gasteiger partial charge >= 0.3 is 5.97 Å². The first-order chi connectivity index (χ1) is 7.06. The van der Waals surface area contributed by atoms with Gasteiger partial charge in [-0.05, 0) is 33.1 Å². The van der Waals surface area contributed by atoms with Crippen molar-refractivity contribution in [3.05, 3.63) is 0 Å². The topological polar surface area (TPSA) is 46.5 Å². The summed E-state index contributed by atoms with van der Waals surface area (Å²) in [6, 6.07) is 0. The number of hydrogen-bond donors (Lipinski definition) is 1. The van der Waals surface area contributed by atoms with Crippen LogP contribution in [-0.2, 0) is 9.53 Å². The van der Waals surface area contributed by atoms with Crippen molar-refractivity contribution >= 4 is 5.97 Å². The van der Waals surface area contributed by atoms with E-state index in [4.69, 9.17) is 9.84 Å². The Kier molecular flexibility index (Phi) is 8.38. The number of carbonyl (C=O) groups excluding carboxylic acids is 1. The number of ether oxygens (including phenoxy) is 1. The van der Waals surface area contributed by atoms with E-state index in [-0.39, 0.29) is 18.2 Å². The maximum atomic E-state index is 11.3. The SMILES string of the molecule is CCCCCC(=O)OC(C)CCC(C)O. The van der Waals surface area contributed by atoms with Gasteiger partial charge in [-0.1, -0.05) is 19.8 Å². The molecule has 0 bridgehead atoms. The summed E-state index contributed by atoms with van der Waals surface area (Å²) in [7, 11) is 0. The summed E-state index contributed by atoms with van der Waals surface area (Å²) in [6.07, 6.45) is 4.66.